The van der Waals surface area contributed by atoms with Crippen LogP contribution in [-0.2, 0) is 6.54 Å². The van der Waals surface area contributed by atoms with Crippen molar-refractivity contribution in [2.45, 2.75) is 6.54 Å². The number of furan rings is 1. The highest BCUT2D eigenvalue weighted by Crippen LogP contribution is 2.20. The molecule has 0 saturated heterocycles. The predicted molar refractivity (Wildman–Crippen MR) is 73.2 cm³/mol. The number of hydrogen-bond acceptors (Lipinski definition) is 2. The van der Waals surface area contributed by atoms with Crippen molar-refractivity contribution in [3.63, 3.8) is 0 Å². The van der Waals surface area contributed by atoms with Gasteiger partial charge in [0.15, 0.2) is 0 Å². The van der Waals surface area contributed by atoms with Crippen LogP contribution < -0.4 is 5.32 Å². The van der Waals surface area contributed by atoms with Crippen LogP contribution in [0, 0.1) is 0 Å². The van der Waals surface area contributed by atoms with Gasteiger partial charge >= 0.3 is 0 Å². The molecule has 19 heavy (non-hydrogen) atoms. The van der Waals surface area contributed by atoms with Crippen LogP contribution in [0.2, 0.25) is 5.02 Å². The molecule has 2 aromatic heterocycles. The maximum Gasteiger partial charge on any atom is 0.268 e. The summed E-state index contributed by atoms with van der Waals surface area (Å²) < 4.78 is 5.15. The quantitative estimate of drug-likeness (QED) is 0.769. The number of aromatic nitrogens is 1. The number of aromatic amines is 1. The Hall–Kier alpha value is -2.20. The first-order chi connectivity index (χ1) is 9.22. The number of hydrogen-bond donors (Lipinski definition) is 2. The Kier molecular flexibility index (Phi) is 3.01. The number of nitrogens with one attached hydrogen (secondary N) is 2. The second-order valence-corrected chi connectivity index (χ2v) is 4.61. The third-order valence-corrected chi connectivity index (χ3v) is 3.07. The molecule has 0 aliphatic heterocycles. The number of carbonyl (C=O) groups is 1. The minimum Gasteiger partial charge on any atom is -0.467 e. The van der Waals surface area contributed by atoms with Gasteiger partial charge < -0.3 is 14.7 Å². The largest absolute Gasteiger partial charge is 0.467 e. The van der Waals surface area contributed by atoms with Crippen molar-refractivity contribution < 1.29 is 9.21 Å². The Morgan fingerprint density at radius 1 is 1.32 bits per heavy atom. The van der Waals surface area contributed by atoms with Gasteiger partial charge in [-0.2, -0.15) is 0 Å². The summed E-state index contributed by atoms with van der Waals surface area (Å²) in [6.45, 7) is 0.363. The van der Waals surface area contributed by atoms with E-state index in [0.717, 1.165) is 10.9 Å². The van der Waals surface area contributed by atoms with Crippen LogP contribution in [0.4, 0.5) is 0 Å². The molecule has 0 bridgehead atoms. The first-order valence-electron chi connectivity index (χ1n) is 5.81. The van der Waals surface area contributed by atoms with E-state index in [4.69, 9.17) is 16.0 Å². The molecule has 4 nitrogen and oxygen atoms in total. The maximum atomic E-state index is 12.0. The zero-order valence-corrected chi connectivity index (χ0v) is 10.7. The zero-order valence-electron chi connectivity index (χ0n) is 9.94. The summed E-state index contributed by atoms with van der Waals surface area (Å²) in [6.07, 6.45) is 1.58. The standard InChI is InChI=1S/C14H11ClN2O2/c15-10-3-4-12-9(6-10)7-13(17-12)14(18)16-8-11-2-1-5-19-11/h1-7,17H,8H2,(H,16,18). The van der Waals surface area contributed by atoms with Crippen molar-refractivity contribution in [1.82, 2.24) is 10.3 Å². The highest BCUT2D eigenvalue weighted by atomic mass is 35.5. The van der Waals surface area contributed by atoms with Crippen LogP contribution >= 0.6 is 11.6 Å². The molecule has 96 valence electrons. The molecule has 0 aliphatic carbocycles. The van der Waals surface area contributed by atoms with Crippen LogP contribution in [0.5, 0.6) is 0 Å². The Labute approximate surface area is 114 Å². The van der Waals surface area contributed by atoms with E-state index in [9.17, 15) is 4.79 Å². The van der Waals surface area contributed by atoms with Crippen molar-refractivity contribution in [3.8, 4) is 0 Å². The summed E-state index contributed by atoms with van der Waals surface area (Å²) in [5.74, 6) is 0.538. The van der Waals surface area contributed by atoms with Crippen molar-refractivity contribution in [2.24, 2.45) is 0 Å². The molecule has 3 rings (SSSR count). The topological polar surface area (TPSA) is 58.0 Å². The second kappa shape index (κ2) is 4.82. The zero-order chi connectivity index (χ0) is 13.2. The monoisotopic (exact) mass is 274 g/mol. The predicted octanol–water partition coefficient (Wildman–Crippen LogP) is 3.34. The first kappa shape index (κ1) is 11.9. The summed E-state index contributed by atoms with van der Waals surface area (Å²) in [6, 6.07) is 10.8. The average molecular weight is 275 g/mol. The van der Waals surface area contributed by atoms with Gasteiger partial charge in [-0.1, -0.05) is 11.6 Å². The molecule has 1 aromatic carbocycles. The Bertz CT molecular complexity index is 716. The number of carbonyl (C=O) groups excluding carboxylic acids is 1. The van der Waals surface area contributed by atoms with Crippen LogP contribution in [0.25, 0.3) is 10.9 Å². The second-order valence-electron chi connectivity index (χ2n) is 4.18. The lowest BCUT2D eigenvalue weighted by atomic mass is 10.2. The van der Waals surface area contributed by atoms with Gasteiger partial charge in [0.2, 0.25) is 0 Å². The minimum atomic E-state index is -0.177. The van der Waals surface area contributed by atoms with E-state index in [-0.39, 0.29) is 5.91 Å². The van der Waals surface area contributed by atoms with E-state index in [1.54, 1.807) is 24.5 Å². The SMILES string of the molecule is O=C(NCc1ccco1)c1cc2cc(Cl)ccc2[nH]1. The molecule has 0 spiro atoms. The molecule has 0 atom stereocenters. The van der Waals surface area contributed by atoms with Gasteiger partial charge in [-0.25, -0.2) is 0 Å². The lowest BCUT2D eigenvalue weighted by Gasteiger charge is -2.00. The number of halogens is 1. The molecule has 2 heterocycles. The van der Waals surface area contributed by atoms with Gasteiger partial charge in [0, 0.05) is 15.9 Å². The van der Waals surface area contributed by atoms with Gasteiger partial charge in [0.25, 0.3) is 5.91 Å². The van der Waals surface area contributed by atoms with Crippen LogP contribution in [-0.4, -0.2) is 10.9 Å². The first-order valence-corrected chi connectivity index (χ1v) is 6.19. The molecule has 3 aromatic rings. The highest BCUT2D eigenvalue weighted by Gasteiger charge is 2.09. The van der Waals surface area contributed by atoms with Gasteiger partial charge in [-0.15, -0.1) is 0 Å². The molecular weight excluding hydrogens is 264 g/mol. The van der Waals surface area contributed by atoms with Crippen molar-refractivity contribution in [1.29, 1.82) is 0 Å². The fraction of sp³-hybridized carbons (Fsp3) is 0.0714. The summed E-state index contributed by atoms with van der Waals surface area (Å²) in [7, 11) is 0. The molecule has 0 saturated carbocycles. The van der Waals surface area contributed by atoms with Gasteiger partial charge in [-0.05, 0) is 36.4 Å². The summed E-state index contributed by atoms with van der Waals surface area (Å²) in [4.78, 5) is 15.0. The van der Waals surface area contributed by atoms with Crippen LogP contribution in [0.3, 0.4) is 0 Å². The van der Waals surface area contributed by atoms with Crippen molar-refractivity contribution in [2.75, 3.05) is 0 Å². The normalized spacial score (nSPS) is 10.8. The van der Waals surface area contributed by atoms with Crippen LogP contribution in [0.1, 0.15) is 16.2 Å². The fourth-order valence-electron chi connectivity index (χ4n) is 1.90. The molecule has 0 radical (unpaired) electrons. The van der Waals surface area contributed by atoms with E-state index in [0.29, 0.717) is 23.0 Å². The Morgan fingerprint density at radius 2 is 2.21 bits per heavy atom. The molecular formula is C14H11ClN2O2. The molecule has 0 fully saturated rings. The number of amides is 1. The van der Waals surface area contributed by atoms with E-state index in [1.807, 2.05) is 18.2 Å². The summed E-state index contributed by atoms with van der Waals surface area (Å²) >= 11 is 5.91. The van der Waals surface area contributed by atoms with Gasteiger partial charge in [0.1, 0.15) is 11.5 Å². The van der Waals surface area contributed by atoms with Crippen molar-refractivity contribution >= 4 is 28.4 Å². The smallest absolute Gasteiger partial charge is 0.268 e. The average Bonchev–Trinajstić information content (AvgIpc) is 3.04. The van der Waals surface area contributed by atoms with E-state index >= 15 is 0 Å². The molecule has 1 amide bonds. The van der Waals surface area contributed by atoms with Crippen molar-refractivity contribution in [3.05, 3.63) is 59.1 Å². The highest BCUT2D eigenvalue weighted by molar-refractivity contribution is 6.31. The Balaban J connectivity index is 1.77. The number of H-pyrrole nitrogens is 1. The number of rotatable bonds is 3. The summed E-state index contributed by atoms with van der Waals surface area (Å²) in [5.41, 5.74) is 1.39. The molecule has 5 heteroatoms. The van der Waals surface area contributed by atoms with E-state index in [1.165, 1.54) is 0 Å². The third kappa shape index (κ3) is 2.48. The van der Waals surface area contributed by atoms with Gasteiger partial charge in [0.05, 0.1) is 12.8 Å². The number of benzene rings is 1. The third-order valence-electron chi connectivity index (χ3n) is 2.83. The fourth-order valence-corrected chi connectivity index (χ4v) is 2.08. The summed E-state index contributed by atoms with van der Waals surface area (Å²) in [5, 5.41) is 4.34. The maximum absolute atomic E-state index is 12.0. The molecule has 2 N–H and O–H groups in total. The van der Waals surface area contributed by atoms with Crippen LogP contribution in [0.15, 0.2) is 47.1 Å². The van der Waals surface area contributed by atoms with E-state index < -0.39 is 0 Å². The Morgan fingerprint density at radius 3 is 3.00 bits per heavy atom. The molecule has 0 aliphatic rings. The molecule has 0 unspecified atom stereocenters. The number of fused-ring (bicyclic) bond motifs is 1. The lowest BCUT2D eigenvalue weighted by Crippen LogP contribution is -2.22. The van der Waals surface area contributed by atoms with E-state index in [2.05, 4.69) is 10.3 Å². The minimum absolute atomic E-state index is 0.177. The van der Waals surface area contributed by atoms with Gasteiger partial charge in [-0.3, -0.25) is 4.79 Å². The lowest BCUT2D eigenvalue weighted by molar-refractivity contribution is 0.0944.